The summed E-state index contributed by atoms with van der Waals surface area (Å²) >= 11 is 0. The van der Waals surface area contributed by atoms with Crippen molar-refractivity contribution in [2.75, 3.05) is 38.0 Å². The van der Waals surface area contributed by atoms with E-state index in [1.807, 2.05) is 32.0 Å². The molecule has 1 saturated heterocycles. The first kappa shape index (κ1) is 15.8. The van der Waals surface area contributed by atoms with Crippen molar-refractivity contribution in [2.45, 2.75) is 27.2 Å². The van der Waals surface area contributed by atoms with Gasteiger partial charge >= 0.3 is 0 Å². The first-order chi connectivity index (χ1) is 10.1. The zero-order valence-corrected chi connectivity index (χ0v) is 13.4. The Morgan fingerprint density at radius 3 is 2.86 bits per heavy atom. The highest BCUT2D eigenvalue weighted by molar-refractivity contribution is 5.99. The third-order valence-corrected chi connectivity index (χ3v) is 4.16. The van der Waals surface area contributed by atoms with Gasteiger partial charge in [0.1, 0.15) is 0 Å². The highest BCUT2D eigenvalue weighted by Crippen LogP contribution is 2.18. The van der Waals surface area contributed by atoms with Gasteiger partial charge in [0.2, 0.25) is 0 Å². The Labute approximate surface area is 127 Å². The second-order valence-corrected chi connectivity index (χ2v) is 5.84. The maximum atomic E-state index is 12.4. The number of carbonyl (C=O) groups is 1. The van der Waals surface area contributed by atoms with Crippen molar-refractivity contribution < 1.29 is 4.79 Å². The van der Waals surface area contributed by atoms with Crippen LogP contribution in [0.5, 0.6) is 0 Å². The van der Waals surface area contributed by atoms with E-state index in [-0.39, 0.29) is 5.91 Å². The Morgan fingerprint density at radius 2 is 2.19 bits per heavy atom. The van der Waals surface area contributed by atoms with E-state index in [9.17, 15) is 4.79 Å². The molecule has 1 aliphatic heterocycles. The number of likely N-dealkylation sites (tertiary alicyclic amines) is 1. The Kier molecular flexibility index (Phi) is 5.62. The monoisotopic (exact) mass is 289 g/mol. The third kappa shape index (κ3) is 4.21. The van der Waals surface area contributed by atoms with Gasteiger partial charge in [0.25, 0.3) is 5.91 Å². The fourth-order valence-corrected chi connectivity index (χ4v) is 2.89. The van der Waals surface area contributed by atoms with Crippen LogP contribution in [0.25, 0.3) is 0 Å². The number of benzene rings is 1. The summed E-state index contributed by atoms with van der Waals surface area (Å²) in [6.07, 6.45) is 1.18. The highest BCUT2D eigenvalue weighted by atomic mass is 16.1. The van der Waals surface area contributed by atoms with E-state index in [2.05, 4.69) is 22.5 Å². The molecule has 2 rings (SSSR count). The van der Waals surface area contributed by atoms with Gasteiger partial charge in [-0.2, -0.15) is 0 Å². The molecule has 0 aliphatic carbocycles. The molecule has 4 heteroatoms. The molecule has 1 aliphatic rings. The number of nitrogens with zero attached hydrogens (tertiary/aromatic N) is 1. The van der Waals surface area contributed by atoms with Crippen molar-refractivity contribution >= 4 is 11.6 Å². The van der Waals surface area contributed by atoms with Gasteiger partial charge in [0.05, 0.1) is 5.56 Å². The quantitative estimate of drug-likeness (QED) is 0.845. The highest BCUT2D eigenvalue weighted by Gasteiger charge is 2.22. The molecule has 0 spiro atoms. The number of rotatable bonds is 6. The van der Waals surface area contributed by atoms with Crippen LogP contribution in [-0.4, -0.2) is 43.5 Å². The van der Waals surface area contributed by atoms with Crippen molar-refractivity contribution in [2.24, 2.45) is 5.92 Å². The topological polar surface area (TPSA) is 44.4 Å². The Balaban J connectivity index is 1.94. The lowest BCUT2D eigenvalue weighted by Crippen LogP contribution is -2.31. The zero-order chi connectivity index (χ0) is 15.2. The minimum absolute atomic E-state index is 0.0286. The summed E-state index contributed by atoms with van der Waals surface area (Å²) in [6, 6.07) is 5.94. The maximum absolute atomic E-state index is 12.4. The van der Waals surface area contributed by atoms with Gasteiger partial charge in [0, 0.05) is 25.3 Å². The van der Waals surface area contributed by atoms with Crippen molar-refractivity contribution in [3.8, 4) is 0 Å². The number of amides is 1. The minimum Gasteiger partial charge on any atom is -0.385 e. The van der Waals surface area contributed by atoms with Gasteiger partial charge in [-0.3, -0.25) is 4.79 Å². The average Bonchev–Trinajstić information content (AvgIpc) is 2.93. The summed E-state index contributed by atoms with van der Waals surface area (Å²) in [5.41, 5.74) is 2.83. The third-order valence-electron chi connectivity index (χ3n) is 4.16. The molecule has 0 aromatic heterocycles. The van der Waals surface area contributed by atoms with Crippen LogP contribution in [0.1, 0.15) is 36.2 Å². The lowest BCUT2D eigenvalue weighted by Gasteiger charge is -2.15. The fraction of sp³-hybridized carbons (Fsp3) is 0.588. The van der Waals surface area contributed by atoms with Crippen molar-refractivity contribution in [3.63, 3.8) is 0 Å². The molecule has 1 fully saturated rings. The zero-order valence-electron chi connectivity index (χ0n) is 13.4. The molecule has 0 radical (unpaired) electrons. The Morgan fingerprint density at radius 1 is 1.38 bits per heavy atom. The van der Waals surface area contributed by atoms with E-state index < -0.39 is 0 Å². The summed E-state index contributed by atoms with van der Waals surface area (Å²) in [7, 11) is 0. The number of nitrogens with one attached hydrogen (secondary N) is 2. The number of hydrogen-bond acceptors (Lipinski definition) is 3. The Bertz CT molecular complexity index is 487. The van der Waals surface area contributed by atoms with E-state index in [0.29, 0.717) is 5.92 Å². The van der Waals surface area contributed by atoms with Gasteiger partial charge in [-0.25, -0.2) is 0 Å². The van der Waals surface area contributed by atoms with Crippen LogP contribution in [0, 0.1) is 12.8 Å². The smallest absolute Gasteiger partial charge is 0.253 e. The first-order valence-corrected chi connectivity index (χ1v) is 7.99. The second-order valence-electron chi connectivity index (χ2n) is 5.84. The van der Waals surface area contributed by atoms with Crippen LogP contribution in [-0.2, 0) is 0 Å². The number of carbonyl (C=O) groups excluding carboxylic acids is 1. The molecule has 1 aromatic carbocycles. The molecule has 1 heterocycles. The van der Waals surface area contributed by atoms with Crippen LogP contribution in [0.2, 0.25) is 0 Å². The first-order valence-electron chi connectivity index (χ1n) is 7.99. The fourth-order valence-electron chi connectivity index (χ4n) is 2.89. The lowest BCUT2D eigenvalue weighted by atomic mass is 10.1. The molecule has 0 bridgehead atoms. The summed E-state index contributed by atoms with van der Waals surface area (Å²) in [5, 5.41) is 6.37. The van der Waals surface area contributed by atoms with Crippen LogP contribution < -0.4 is 10.6 Å². The van der Waals surface area contributed by atoms with E-state index in [4.69, 9.17) is 0 Å². The van der Waals surface area contributed by atoms with Gasteiger partial charge < -0.3 is 15.5 Å². The van der Waals surface area contributed by atoms with Crippen LogP contribution in [0.3, 0.4) is 0 Å². The van der Waals surface area contributed by atoms with Crippen LogP contribution in [0.15, 0.2) is 18.2 Å². The van der Waals surface area contributed by atoms with Crippen molar-refractivity contribution in [1.82, 2.24) is 10.2 Å². The van der Waals surface area contributed by atoms with Gasteiger partial charge in [-0.1, -0.05) is 13.0 Å². The lowest BCUT2D eigenvalue weighted by molar-refractivity contribution is 0.0948. The molecular weight excluding hydrogens is 262 g/mol. The SMILES string of the molecule is CCNc1cc(C)ccc1C(=O)NCC1CCN(CC)C1. The molecular formula is C17H27N3O. The second kappa shape index (κ2) is 7.46. The van der Waals surface area contributed by atoms with Crippen molar-refractivity contribution in [1.29, 1.82) is 0 Å². The predicted molar refractivity (Wildman–Crippen MR) is 87.9 cm³/mol. The van der Waals surface area contributed by atoms with Gasteiger partial charge in [-0.15, -0.1) is 0 Å². The maximum Gasteiger partial charge on any atom is 0.253 e. The molecule has 1 atom stereocenters. The van der Waals surface area contributed by atoms with Crippen LogP contribution >= 0.6 is 0 Å². The molecule has 116 valence electrons. The van der Waals surface area contributed by atoms with Crippen molar-refractivity contribution in [3.05, 3.63) is 29.3 Å². The summed E-state index contributed by atoms with van der Waals surface area (Å²) in [6.45, 7) is 11.2. The van der Waals surface area contributed by atoms with E-state index in [1.54, 1.807) is 0 Å². The van der Waals surface area contributed by atoms with E-state index in [1.165, 1.54) is 6.42 Å². The summed E-state index contributed by atoms with van der Waals surface area (Å²) in [5.74, 6) is 0.614. The molecule has 0 saturated carbocycles. The standard InChI is InChI=1S/C17H27N3O/c1-4-18-16-10-13(3)6-7-15(16)17(21)19-11-14-8-9-20(5-2)12-14/h6-7,10,14,18H,4-5,8-9,11-12H2,1-3H3,(H,19,21). The van der Waals surface area contributed by atoms with Gasteiger partial charge in [0.15, 0.2) is 0 Å². The molecule has 2 N–H and O–H groups in total. The largest absolute Gasteiger partial charge is 0.385 e. The molecule has 1 aromatic rings. The molecule has 1 unspecified atom stereocenters. The van der Waals surface area contributed by atoms with E-state index >= 15 is 0 Å². The van der Waals surface area contributed by atoms with E-state index in [0.717, 1.165) is 49.5 Å². The number of anilines is 1. The van der Waals surface area contributed by atoms with Gasteiger partial charge in [-0.05, 0) is 57.0 Å². The Hall–Kier alpha value is -1.55. The minimum atomic E-state index is 0.0286. The normalized spacial score (nSPS) is 18.7. The number of hydrogen-bond donors (Lipinski definition) is 2. The summed E-state index contributed by atoms with van der Waals surface area (Å²) < 4.78 is 0. The number of aryl methyl sites for hydroxylation is 1. The average molecular weight is 289 g/mol. The molecule has 4 nitrogen and oxygen atoms in total. The summed E-state index contributed by atoms with van der Waals surface area (Å²) in [4.78, 5) is 14.8. The molecule has 21 heavy (non-hydrogen) atoms. The predicted octanol–water partition coefficient (Wildman–Crippen LogP) is 2.50. The molecule has 1 amide bonds. The van der Waals surface area contributed by atoms with Crippen LogP contribution in [0.4, 0.5) is 5.69 Å².